The summed E-state index contributed by atoms with van der Waals surface area (Å²) in [4.78, 5) is 0. The van der Waals surface area contributed by atoms with Crippen molar-refractivity contribution in [2.75, 3.05) is 0 Å². The van der Waals surface area contributed by atoms with Crippen LogP contribution in [0, 0.1) is 12.7 Å². The second kappa shape index (κ2) is 5.93. The van der Waals surface area contributed by atoms with E-state index in [9.17, 15) is 4.39 Å². The molecule has 1 unspecified atom stereocenters. The molecule has 0 amide bonds. The summed E-state index contributed by atoms with van der Waals surface area (Å²) in [5.74, 6) is 5.39. The molecule has 1 aromatic carbocycles. The SMILES string of the molecule is Cc1ccc(F)cc1CC(NN)c1csc(Br)c1. The number of thiophene rings is 1. The van der Waals surface area contributed by atoms with Gasteiger partial charge in [-0.1, -0.05) is 6.07 Å². The van der Waals surface area contributed by atoms with Gasteiger partial charge >= 0.3 is 0 Å². The van der Waals surface area contributed by atoms with Gasteiger partial charge in [0, 0.05) is 0 Å². The zero-order valence-electron chi connectivity index (χ0n) is 9.91. The van der Waals surface area contributed by atoms with E-state index < -0.39 is 0 Å². The van der Waals surface area contributed by atoms with Gasteiger partial charge in [-0.2, -0.15) is 0 Å². The Morgan fingerprint density at radius 2 is 2.22 bits per heavy atom. The maximum Gasteiger partial charge on any atom is 0.123 e. The minimum absolute atomic E-state index is 0.00644. The molecule has 2 nitrogen and oxygen atoms in total. The molecule has 0 bridgehead atoms. The number of hydrogen-bond donors (Lipinski definition) is 2. The number of halogens is 2. The number of hydrogen-bond acceptors (Lipinski definition) is 3. The molecule has 18 heavy (non-hydrogen) atoms. The Hall–Kier alpha value is -0.750. The summed E-state index contributed by atoms with van der Waals surface area (Å²) in [7, 11) is 0. The molecule has 2 aromatic rings. The average molecular weight is 329 g/mol. The molecule has 1 atom stereocenters. The first kappa shape index (κ1) is 13.7. The van der Waals surface area contributed by atoms with E-state index in [1.807, 2.05) is 18.4 Å². The predicted molar refractivity (Wildman–Crippen MR) is 76.9 cm³/mol. The first-order valence-corrected chi connectivity index (χ1v) is 7.22. The zero-order valence-corrected chi connectivity index (χ0v) is 12.3. The van der Waals surface area contributed by atoms with Crippen LogP contribution in [0.2, 0.25) is 0 Å². The Balaban J connectivity index is 2.22. The third-order valence-electron chi connectivity index (χ3n) is 2.93. The molecule has 96 valence electrons. The van der Waals surface area contributed by atoms with Crippen molar-refractivity contribution in [2.45, 2.75) is 19.4 Å². The number of aryl methyl sites for hydroxylation is 1. The summed E-state index contributed by atoms with van der Waals surface area (Å²) in [5, 5.41) is 2.04. The fourth-order valence-corrected chi connectivity index (χ4v) is 3.09. The van der Waals surface area contributed by atoms with Crippen molar-refractivity contribution >= 4 is 27.3 Å². The molecule has 0 fully saturated rings. The van der Waals surface area contributed by atoms with Crippen molar-refractivity contribution in [3.63, 3.8) is 0 Å². The molecular formula is C13H14BrFN2S. The van der Waals surface area contributed by atoms with Crippen molar-refractivity contribution in [1.29, 1.82) is 0 Å². The Kier molecular flexibility index (Phi) is 4.50. The lowest BCUT2D eigenvalue weighted by Crippen LogP contribution is -2.29. The summed E-state index contributed by atoms with van der Waals surface area (Å²) in [6.07, 6.45) is 0.670. The minimum atomic E-state index is -0.210. The van der Waals surface area contributed by atoms with Crippen molar-refractivity contribution < 1.29 is 4.39 Å². The van der Waals surface area contributed by atoms with Crippen LogP contribution < -0.4 is 11.3 Å². The highest BCUT2D eigenvalue weighted by Crippen LogP contribution is 2.27. The summed E-state index contributed by atoms with van der Waals surface area (Å²) in [6.45, 7) is 1.98. The van der Waals surface area contributed by atoms with Gasteiger partial charge in [-0.15, -0.1) is 11.3 Å². The molecule has 2 rings (SSSR count). The quantitative estimate of drug-likeness (QED) is 0.663. The van der Waals surface area contributed by atoms with E-state index in [0.29, 0.717) is 6.42 Å². The van der Waals surface area contributed by atoms with Gasteiger partial charge in [-0.05, 0) is 69.5 Å². The lowest BCUT2D eigenvalue weighted by molar-refractivity contribution is 0.548. The predicted octanol–water partition coefficient (Wildman–Crippen LogP) is 3.71. The van der Waals surface area contributed by atoms with Crippen LogP contribution in [0.3, 0.4) is 0 Å². The molecule has 0 aliphatic rings. The monoisotopic (exact) mass is 328 g/mol. The molecular weight excluding hydrogens is 315 g/mol. The Labute approximate surface area is 118 Å². The molecule has 1 heterocycles. The van der Waals surface area contributed by atoms with Crippen LogP contribution in [0.1, 0.15) is 22.7 Å². The van der Waals surface area contributed by atoms with Crippen LogP contribution in [-0.2, 0) is 6.42 Å². The van der Waals surface area contributed by atoms with Crippen LogP contribution in [0.5, 0.6) is 0 Å². The Morgan fingerprint density at radius 3 is 2.83 bits per heavy atom. The number of nitrogens with one attached hydrogen (secondary N) is 1. The minimum Gasteiger partial charge on any atom is -0.271 e. The smallest absolute Gasteiger partial charge is 0.123 e. The topological polar surface area (TPSA) is 38.0 Å². The van der Waals surface area contributed by atoms with E-state index in [1.165, 1.54) is 6.07 Å². The fourth-order valence-electron chi connectivity index (χ4n) is 1.86. The highest BCUT2D eigenvalue weighted by atomic mass is 79.9. The molecule has 0 aliphatic carbocycles. The van der Waals surface area contributed by atoms with Gasteiger partial charge in [0.25, 0.3) is 0 Å². The zero-order chi connectivity index (χ0) is 13.1. The fraction of sp³-hybridized carbons (Fsp3) is 0.231. The lowest BCUT2D eigenvalue weighted by Gasteiger charge is -2.16. The third kappa shape index (κ3) is 3.17. The van der Waals surface area contributed by atoms with E-state index >= 15 is 0 Å². The van der Waals surface area contributed by atoms with Crippen LogP contribution in [-0.4, -0.2) is 0 Å². The lowest BCUT2D eigenvalue weighted by atomic mass is 9.98. The Bertz CT molecular complexity index is 542. The summed E-state index contributed by atoms with van der Waals surface area (Å²) in [6, 6.07) is 6.87. The van der Waals surface area contributed by atoms with E-state index in [2.05, 4.69) is 21.4 Å². The van der Waals surface area contributed by atoms with Gasteiger partial charge in [-0.25, -0.2) is 4.39 Å². The Morgan fingerprint density at radius 1 is 1.44 bits per heavy atom. The number of nitrogens with two attached hydrogens (primary N) is 1. The van der Waals surface area contributed by atoms with E-state index in [4.69, 9.17) is 5.84 Å². The molecule has 5 heteroatoms. The summed E-state index contributed by atoms with van der Waals surface area (Å²) in [5.41, 5.74) is 5.95. The largest absolute Gasteiger partial charge is 0.271 e. The second-order valence-corrected chi connectivity index (χ2v) is 6.47. The molecule has 0 aliphatic heterocycles. The third-order valence-corrected chi connectivity index (χ3v) is 4.45. The molecule has 0 radical (unpaired) electrons. The van der Waals surface area contributed by atoms with Crippen LogP contribution in [0.4, 0.5) is 4.39 Å². The maximum atomic E-state index is 13.3. The highest BCUT2D eigenvalue weighted by Gasteiger charge is 2.14. The first-order chi connectivity index (χ1) is 8.60. The van der Waals surface area contributed by atoms with Crippen molar-refractivity contribution in [3.8, 4) is 0 Å². The van der Waals surface area contributed by atoms with E-state index in [-0.39, 0.29) is 11.9 Å². The standard InChI is InChI=1S/C13H14BrFN2S/c1-8-2-3-11(15)4-9(8)5-12(17-16)10-6-13(14)18-7-10/h2-4,6-7,12,17H,5,16H2,1H3. The maximum absolute atomic E-state index is 13.3. The van der Waals surface area contributed by atoms with E-state index in [0.717, 1.165) is 20.5 Å². The van der Waals surface area contributed by atoms with Crippen molar-refractivity contribution in [1.82, 2.24) is 5.43 Å². The van der Waals surface area contributed by atoms with Gasteiger partial charge in [0.15, 0.2) is 0 Å². The van der Waals surface area contributed by atoms with Crippen LogP contribution >= 0.6 is 27.3 Å². The number of benzene rings is 1. The van der Waals surface area contributed by atoms with Crippen molar-refractivity contribution in [2.24, 2.45) is 5.84 Å². The van der Waals surface area contributed by atoms with E-state index in [1.54, 1.807) is 23.5 Å². The molecule has 0 saturated carbocycles. The highest BCUT2D eigenvalue weighted by molar-refractivity contribution is 9.11. The van der Waals surface area contributed by atoms with Gasteiger partial charge < -0.3 is 0 Å². The number of rotatable bonds is 4. The first-order valence-electron chi connectivity index (χ1n) is 5.55. The number of hydrazine groups is 1. The van der Waals surface area contributed by atoms with Gasteiger partial charge in [0.1, 0.15) is 5.82 Å². The van der Waals surface area contributed by atoms with Gasteiger partial charge in [0.05, 0.1) is 9.83 Å². The normalized spacial score (nSPS) is 12.7. The molecule has 3 N–H and O–H groups in total. The molecule has 0 saturated heterocycles. The van der Waals surface area contributed by atoms with Gasteiger partial charge in [0.2, 0.25) is 0 Å². The summed E-state index contributed by atoms with van der Waals surface area (Å²) >= 11 is 5.04. The van der Waals surface area contributed by atoms with Gasteiger partial charge in [-0.3, -0.25) is 11.3 Å². The van der Waals surface area contributed by atoms with Crippen LogP contribution in [0.15, 0.2) is 33.4 Å². The molecule has 0 spiro atoms. The van der Waals surface area contributed by atoms with Crippen molar-refractivity contribution in [3.05, 3.63) is 55.9 Å². The summed E-state index contributed by atoms with van der Waals surface area (Å²) < 4.78 is 14.3. The molecule has 1 aromatic heterocycles. The average Bonchev–Trinajstić information content (AvgIpc) is 2.77. The van der Waals surface area contributed by atoms with Crippen LogP contribution in [0.25, 0.3) is 0 Å². The second-order valence-electron chi connectivity index (χ2n) is 4.18.